The Hall–Kier alpha value is -2.07. The number of carbonyl (C=O) groups is 1. The van der Waals surface area contributed by atoms with Crippen LogP contribution in [0.4, 0.5) is 4.39 Å². The molecule has 0 aliphatic carbocycles. The number of carbonyl (C=O) groups excluding carboxylic acids is 1. The SMILES string of the molecule is COc1cccc(C=O)c1OCc1ccc(Cl)c(F)c1. The van der Waals surface area contributed by atoms with Crippen molar-refractivity contribution in [3.63, 3.8) is 0 Å². The Morgan fingerprint density at radius 3 is 2.75 bits per heavy atom. The van der Waals surface area contributed by atoms with Crippen molar-refractivity contribution >= 4 is 17.9 Å². The number of para-hydroxylation sites is 1. The summed E-state index contributed by atoms with van der Waals surface area (Å²) in [7, 11) is 1.48. The summed E-state index contributed by atoms with van der Waals surface area (Å²) in [4.78, 5) is 11.0. The minimum Gasteiger partial charge on any atom is -0.493 e. The lowest BCUT2D eigenvalue weighted by molar-refractivity contribution is 0.111. The third-order valence-electron chi connectivity index (χ3n) is 2.72. The van der Waals surface area contributed by atoms with Gasteiger partial charge in [-0.15, -0.1) is 0 Å². The van der Waals surface area contributed by atoms with E-state index in [1.807, 2.05) is 0 Å². The molecule has 2 rings (SSSR count). The molecule has 0 heterocycles. The summed E-state index contributed by atoms with van der Waals surface area (Å²) in [5.41, 5.74) is 0.980. The van der Waals surface area contributed by atoms with E-state index in [0.29, 0.717) is 28.9 Å². The van der Waals surface area contributed by atoms with Crippen LogP contribution in [0.15, 0.2) is 36.4 Å². The Bertz CT molecular complexity index is 629. The molecule has 0 aliphatic heterocycles. The first-order valence-corrected chi connectivity index (χ1v) is 6.22. The van der Waals surface area contributed by atoms with Gasteiger partial charge < -0.3 is 9.47 Å². The van der Waals surface area contributed by atoms with Gasteiger partial charge in [-0.25, -0.2) is 4.39 Å². The van der Waals surface area contributed by atoms with Crippen molar-refractivity contribution in [3.8, 4) is 11.5 Å². The van der Waals surface area contributed by atoms with Crippen molar-refractivity contribution in [2.45, 2.75) is 6.61 Å². The average molecular weight is 295 g/mol. The van der Waals surface area contributed by atoms with Crippen LogP contribution in [0.2, 0.25) is 5.02 Å². The molecule has 0 fully saturated rings. The first kappa shape index (κ1) is 14.3. The number of aldehydes is 1. The molecule has 5 heteroatoms. The van der Waals surface area contributed by atoms with E-state index in [1.165, 1.54) is 19.2 Å². The normalized spacial score (nSPS) is 10.2. The number of hydrogen-bond donors (Lipinski definition) is 0. The van der Waals surface area contributed by atoms with Crippen LogP contribution in [0.25, 0.3) is 0 Å². The maximum absolute atomic E-state index is 13.3. The van der Waals surface area contributed by atoms with Gasteiger partial charge in [-0.1, -0.05) is 23.7 Å². The smallest absolute Gasteiger partial charge is 0.172 e. The molecule has 0 saturated carbocycles. The molecule has 0 amide bonds. The summed E-state index contributed by atoms with van der Waals surface area (Å²) in [5.74, 6) is 0.271. The maximum Gasteiger partial charge on any atom is 0.172 e. The van der Waals surface area contributed by atoms with Crippen LogP contribution < -0.4 is 9.47 Å². The zero-order chi connectivity index (χ0) is 14.5. The molecule has 0 spiro atoms. The highest BCUT2D eigenvalue weighted by molar-refractivity contribution is 6.30. The third-order valence-corrected chi connectivity index (χ3v) is 3.03. The highest BCUT2D eigenvalue weighted by Crippen LogP contribution is 2.30. The van der Waals surface area contributed by atoms with Gasteiger partial charge in [0.15, 0.2) is 17.8 Å². The van der Waals surface area contributed by atoms with Crippen molar-refractivity contribution in [2.24, 2.45) is 0 Å². The van der Waals surface area contributed by atoms with E-state index in [2.05, 4.69) is 0 Å². The Morgan fingerprint density at radius 1 is 1.30 bits per heavy atom. The summed E-state index contributed by atoms with van der Waals surface area (Å²) in [5, 5.41) is 0.0552. The molecule has 0 atom stereocenters. The van der Waals surface area contributed by atoms with Gasteiger partial charge >= 0.3 is 0 Å². The van der Waals surface area contributed by atoms with Crippen molar-refractivity contribution in [1.82, 2.24) is 0 Å². The lowest BCUT2D eigenvalue weighted by Gasteiger charge is -2.12. The monoisotopic (exact) mass is 294 g/mol. The molecule has 2 aromatic carbocycles. The minimum absolute atomic E-state index is 0.0552. The number of benzene rings is 2. The Balaban J connectivity index is 2.21. The van der Waals surface area contributed by atoms with Gasteiger partial charge in [0.2, 0.25) is 0 Å². The lowest BCUT2D eigenvalue weighted by atomic mass is 10.2. The highest BCUT2D eigenvalue weighted by Gasteiger charge is 2.10. The molecule has 0 bridgehead atoms. The molecule has 104 valence electrons. The quantitative estimate of drug-likeness (QED) is 0.785. The average Bonchev–Trinajstić information content (AvgIpc) is 2.48. The predicted octanol–water partition coefficient (Wildman–Crippen LogP) is 3.88. The zero-order valence-corrected chi connectivity index (χ0v) is 11.5. The number of rotatable bonds is 5. The fourth-order valence-corrected chi connectivity index (χ4v) is 1.84. The topological polar surface area (TPSA) is 35.5 Å². The summed E-state index contributed by atoms with van der Waals surface area (Å²) >= 11 is 5.61. The maximum atomic E-state index is 13.3. The fraction of sp³-hybridized carbons (Fsp3) is 0.133. The van der Waals surface area contributed by atoms with E-state index >= 15 is 0 Å². The van der Waals surface area contributed by atoms with Crippen molar-refractivity contribution in [1.29, 1.82) is 0 Å². The molecule has 0 aromatic heterocycles. The van der Waals surface area contributed by atoms with Gasteiger partial charge in [0.25, 0.3) is 0 Å². The van der Waals surface area contributed by atoms with Crippen LogP contribution in [0.5, 0.6) is 11.5 Å². The molecule has 0 aliphatic rings. The molecule has 3 nitrogen and oxygen atoms in total. The van der Waals surface area contributed by atoms with E-state index in [-0.39, 0.29) is 11.6 Å². The third kappa shape index (κ3) is 3.08. The number of ether oxygens (including phenoxy) is 2. The minimum atomic E-state index is -0.511. The van der Waals surface area contributed by atoms with E-state index in [9.17, 15) is 9.18 Å². The molecule has 0 unspecified atom stereocenters. The lowest BCUT2D eigenvalue weighted by Crippen LogP contribution is -2.01. The van der Waals surface area contributed by atoms with E-state index in [0.717, 1.165) is 0 Å². The van der Waals surface area contributed by atoms with Crippen LogP contribution in [0.3, 0.4) is 0 Å². The number of methoxy groups -OCH3 is 1. The number of hydrogen-bond acceptors (Lipinski definition) is 3. The second-order valence-corrected chi connectivity index (χ2v) is 4.44. The molecular weight excluding hydrogens is 283 g/mol. The first-order chi connectivity index (χ1) is 9.65. The van der Waals surface area contributed by atoms with Gasteiger partial charge in [-0.2, -0.15) is 0 Å². The van der Waals surface area contributed by atoms with Crippen molar-refractivity contribution in [2.75, 3.05) is 7.11 Å². The predicted molar refractivity (Wildman–Crippen MR) is 74.1 cm³/mol. The van der Waals surface area contributed by atoms with Crippen LogP contribution in [0.1, 0.15) is 15.9 Å². The van der Waals surface area contributed by atoms with Crippen molar-refractivity contribution in [3.05, 3.63) is 58.4 Å². The summed E-state index contributed by atoms with van der Waals surface area (Å²) in [6.45, 7) is 0.106. The van der Waals surface area contributed by atoms with Crippen LogP contribution >= 0.6 is 11.6 Å². The number of halogens is 2. The van der Waals surface area contributed by atoms with Crippen molar-refractivity contribution < 1.29 is 18.7 Å². The summed E-state index contributed by atoms with van der Waals surface area (Å²) < 4.78 is 24.0. The highest BCUT2D eigenvalue weighted by atomic mass is 35.5. The molecule has 0 N–H and O–H groups in total. The van der Waals surface area contributed by atoms with E-state index < -0.39 is 5.82 Å². The Kier molecular flexibility index (Phi) is 4.58. The van der Waals surface area contributed by atoms with E-state index in [4.69, 9.17) is 21.1 Å². The molecular formula is C15H12ClFO3. The van der Waals surface area contributed by atoms with Crippen LogP contribution in [-0.4, -0.2) is 13.4 Å². The van der Waals surface area contributed by atoms with Gasteiger partial charge in [0.1, 0.15) is 12.4 Å². The zero-order valence-electron chi connectivity index (χ0n) is 10.7. The Labute approximate surface area is 120 Å². The molecule has 2 aromatic rings. The Morgan fingerprint density at radius 2 is 2.10 bits per heavy atom. The van der Waals surface area contributed by atoms with Gasteiger partial charge in [-0.3, -0.25) is 4.79 Å². The fourth-order valence-electron chi connectivity index (χ4n) is 1.73. The molecule has 20 heavy (non-hydrogen) atoms. The second-order valence-electron chi connectivity index (χ2n) is 4.03. The van der Waals surface area contributed by atoms with Crippen LogP contribution in [0, 0.1) is 5.82 Å². The van der Waals surface area contributed by atoms with Gasteiger partial charge in [-0.05, 0) is 29.8 Å². The molecule has 0 radical (unpaired) electrons. The van der Waals surface area contributed by atoms with Gasteiger partial charge in [0, 0.05) is 0 Å². The van der Waals surface area contributed by atoms with Gasteiger partial charge in [0.05, 0.1) is 17.7 Å². The van der Waals surface area contributed by atoms with Crippen LogP contribution in [-0.2, 0) is 6.61 Å². The summed E-state index contributed by atoms with van der Waals surface area (Å²) in [6.07, 6.45) is 0.681. The summed E-state index contributed by atoms with van der Waals surface area (Å²) in [6, 6.07) is 9.40. The second kappa shape index (κ2) is 6.39. The van der Waals surface area contributed by atoms with E-state index in [1.54, 1.807) is 24.3 Å². The largest absolute Gasteiger partial charge is 0.493 e. The first-order valence-electron chi connectivity index (χ1n) is 5.84. The molecule has 0 saturated heterocycles. The standard InChI is InChI=1S/C15H12ClFO3/c1-19-14-4-2-3-11(8-18)15(14)20-9-10-5-6-12(16)13(17)7-10/h2-8H,9H2,1H3.